The van der Waals surface area contributed by atoms with Gasteiger partial charge in [0.25, 0.3) is 5.91 Å². The second-order valence-corrected chi connectivity index (χ2v) is 7.96. The average Bonchev–Trinajstić information content (AvgIpc) is 3.53. The van der Waals surface area contributed by atoms with E-state index in [-0.39, 0.29) is 24.5 Å². The van der Waals surface area contributed by atoms with Crippen molar-refractivity contribution >= 4 is 5.91 Å². The first-order valence-electron chi connectivity index (χ1n) is 10.8. The molecule has 0 spiro atoms. The molecule has 0 bridgehead atoms. The minimum atomic E-state index is -0.314. The largest absolute Gasteiger partial charge is 0.497 e. The van der Waals surface area contributed by atoms with Crippen molar-refractivity contribution in [1.82, 2.24) is 25.5 Å². The van der Waals surface area contributed by atoms with Gasteiger partial charge >= 0.3 is 0 Å². The minimum Gasteiger partial charge on any atom is -0.497 e. The van der Waals surface area contributed by atoms with Crippen molar-refractivity contribution < 1.29 is 23.5 Å². The van der Waals surface area contributed by atoms with E-state index >= 15 is 0 Å². The number of carbonyl (C=O) groups excluding carboxylic acids is 1. The van der Waals surface area contributed by atoms with Crippen LogP contribution in [0, 0.1) is 0 Å². The van der Waals surface area contributed by atoms with Crippen molar-refractivity contribution in [1.29, 1.82) is 0 Å². The summed E-state index contributed by atoms with van der Waals surface area (Å²) in [6, 6.07) is 13.0. The number of nitrogens with zero attached hydrogens (tertiary/aromatic N) is 4. The van der Waals surface area contributed by atoms with Gasteiger partial charge in [-0.05, 0) is 42.3 Å². The van der Waals surface area contributed by atoms with Gasteiger partial charge in [0.15, 0.2) is 11.5 Å². The zero-order valence-corrected chi connectivity index (χ0v) is 19.1. The molecule has 2 atom stereocenters. The molecule has 10 nitrogen and oxygen atoms in total. The Hall–Kier alpha value is -4.05. The quantitative estimate of drug-likeness (QED) is 0.567. The fourth-order valence-corrected chi connectivity index (χ4v) is 4.18. The number of rotatable bonds is 7. The van der Waals surface area contributed by atoms with Crippen LogP contribution in [0.4, 0.5) is 0 Å². The molecule has 1 saturated heterocycles. The summed E-state index contributed by atoms with van der Waals surface area (Å²) in [5.41, 5.74) is 5.21. The van der Waals surface area contributed by atoms with Crippen LogP contribution in [-0.4, -0.2) is 53.3 Å². The topological polar surface area (TPSA) is 102 Å². The molecular weight excluding hydrogens is 438 g/mol. The lowest BCUT2D eigenvalue weighted by molar-refractivity contribution is -0.135. The standard InChI is InChI=1S/C24H25N5O5/c1-31-17-7-4-15(5-8-17)18-13-19-24(30)28(10-11-29(19)26-18)14-22-25-23(27-34-22)16-6-9-20(32-2)21(12-16)33-3/h4-12,18-19,26H,13-14H2,1-3H3. The number of hydrogen-bond donors (Lipinski definition) is 1. The van der Waals surface area contributed by atoms with Crippen LogP contribution in [0.3, 0.4) is 0 Å². The molecule has 5 rings (SSSR count). The van der Waals surface area contributed by atoms with Crippen molar-refractivity contribution in [3.05, 3.63) is 66.3 Å². The zero-order valence-electron chi connectivity index (χ0n) is 19.1. The first kappa shape index (κ1) is 21.8. The maximum Gasteiger partial charge on any atom is 0.251 e. The molecule has 176 valence electrons. The first-order valence-corrected chi connectivity index (χ1v) is 10.8. The van der Waals surface area contributed by atoms with Crippen molar-refractivity contribution in [2.24, 2.45) is 0 Å². The molecule has 1 fully saturated rings. The third-order valence-corrected chi connectivity index (χ3v) is 6.01. The van der Waals surface area contributed by atoms with E-state index < -0.39 is 0 Å². The first-order chi connectivity index (χ1) is 16.6. The van der Waals surface area contributed by atoms with Crippen LogP contribution in [-0.2, 0) is 11.3 Å². The molecule has 0 saturated carbocycles. The molecule has 2 aliphatic rings. The highest BCUT2D eigenvalue weighted by atomic mass is 16.5. The molecule has 3 heterocycles. The Morgan fingerprint density at radius 1 is 1.03 bits per heavy atom. The number of carbonyl (C=O) groups is 1. The average molecular weight is 463 g/mol. The van der Waals surface area contributed by atoms with Gasteiger partial charge in [-0.25, -0.2) is 5.43 Å². The van der Waals surface area contributed by atoms with Crippen molar-refractivity contribution in [2.45, 2.75) is 25.0 Å². The molecule has 1 aromatic heterocycles. The number of hydrogen-bond acceptors (Lipinski definition) is 9. The van der Waals surface area contributed by atoms with Crippen LogP contribution in [0.2, 0.25) is 0 Å². The molecule has 2 aliphatic heterocycles. The van der Waals surface area contributed by atoms with Crippen molar-refractivity contribution in [2.75, 3.05) is 21.3 Å². The van der Waals surface area contributed by atoms with Crippen LogP contribution in [0.25, 0.3) is 11.4 Å². The lowest BCUT2D eigenvalue weighted by atomic mass is 10.0. The van der Waals surface area contributed by atoms with E-state index in [1.807, 2.05) is 41.5 Å². The van der Waals surface area contributed by atoms with E-state index in [9.17, 15) is 4.79 Å². The van der Waals surface area contributed by atoms with Crippen LogP contribution < -0.4 is 19.6 Å². The lowest BCUT2D eigenvalue weighted by Crippen LogP contribution is -2.47. The Morgan fingerprint density at radius 3 is 2.56 bits per heavy atom. The summed E-state index contributed by atoms with van der Waals surface area (Å²) in [5, 5.41) is 5.92. The fraction of sp³-hybridized carbons (Fsp3) is 0.292. The van der Waals surface area contributed by atoms with Gasteiger partial charge in [0, 0.05) is 18.0 Å². The number of ether oxygens (including phenoxy) is 3. The summed E-state index contributed by atoms with van der Waals surface area (Å²) in [6.45, 7) is 0.188. The summed E-state index contributed by atoms with van der Waals surface area (Å²) in [5.74, 6) is 2.70. The van der Waals surface area contributed by atoms with E-state index in [1.165, 1.54) is 0 Å². The van der Waals surface area contributed by atoms with E-state index in [1.54, 1.807) is 44.6 Å². The normalized spacial score (nSPS) is 19.3. The van der Waals surface area contributed by atoms with Crippen LogP contribution >= 0.6 is 0 Å². The summed E-state index contributed by atoms with van der Waals surface area (Å²) < 4.78 is 21.3. The molecule has 34 heavy (non-hydrogen) atoms. The smallest absolute Gasteiger partial charge is 0.251 e. The van der Waals surface area contributed by atoms with Gasteiger partial charge in [-0.3, -0.25) is 4.79 Å². The van der Waals surface area contributed by atoms with Crippen LogP contribution in [0.5, 0.6) is 17.2 Å². The minimum absolute atomic E-state index is 0.0307. The third-order valence-electron chi connectivity index (χ3n) is 6.01. The second kappa shape index (κ2) is 9.06. The van der Waals surface area contributed by atoms with E-state index in [0.29, 0.717) is 29.6 Å². The molecule has 1 amide bonds. The number of methoxy groups -OCH3 is 3. The van der Waals surface area contributed by atoms with Crippen LogP contribution in [0.15, 0.2) is 59.4 Å². The third kappa shape index (κ3) is 4.03. The van der Waals surface area contributed by atoms with Gasteiger partial charge in [-0.15, -0.1) is 0 Å². The fourth-order valence-electron chi connectivity index (χ4n) is 4.18. The number of amides is 1. The predicted octanol–water partition coefficient (Wildman–Crippen LogP) is 2.90. The Morgan fingerprint density at radius 2 is 1.82 bits per heavy atom. The summed E-state index contributed by atoms with van der Waals surface area (Å²) >= 11 is 0. The number of benzene rings is 2. The summed E-state index contributed by atoms with van der Waals surface area (Å²) in [6.07, 6.45) is 4.23. The van der Waals surface area contributed by atoms with Gasteiger partial charge in [-0.1, -0.05) is 17.3 Å². The molecule has 2 unspecified atom stereocenters. The number of nitrogens with one attached hydrogen (secondary N) is 1. The highest BCUT2D eigenvalue weighted by Crippen LogP contribution is 2.33. The molecule has 2 aromatic carbocycles. The molecule has 0 aliphatic carbocycles. The second-order valence-electron chi connectivity index (χ2n) is 7.96. The highest BCUT2D eigenvalue weighted by molar-refractivity contribution is 5.84. The van der Waals surface area contributed by atoms with Crippen molar-refractivity contribution in [3.63, 3.8) is 0 Å². The number of aromatic nitrogens is 2. The Balaban J connectivity index is 1.27. The van der Waals surface area contributed by atoms with Gasteiger partial charge in [0.05, 0.1) is 27.4 Å². The maximum absolute atomic E-state index is 13.2. The van der Waals surface area contributed by atoms with Gasteiger partial charge in [0.1, 0.15) is 18.3 Å². The zero-order chi connectivity index (χ0) is 23.7. The molecule has 3 aromatic rings. The lowest BCUT2D eigenvalue weighted by Gasteiger charge is -2.30. The summed E-state index contributed by atoms with van der Waals surface area (Å²) in [4.78, 5) is 19.2. The number of hydrazine groups is 1. The molecule has 1 N–H and O–H groups in total. The van der Waals surface area contributed by atoms with E-state index in [2.05, 4.69) is 15.6 Å². The van der Waals surface area contributed by atoms with E-state index in [0.717, 1.165) is 16.9 Å². The SMILES string of the molecule is COc1ccc(C2CC3C(=O)N(Cc4nc(-c5ccc(OC)c(OC)c5)no4)C=CN3N2)cc1. The van der Waals surface area contributed by atoms with Gasteiger partial charge < -0.3 is 28.6 Å². The van der Waals surface area contributed by atoms with Gasteiger partial charge in [0.2, 0.25) is 11.7 Å². The molecular formula is C24H25N5O5. The molecule has 0 radical (unpaired) electrons. The van der Waals surface area contributed by atoms with Gasteiger partial charge in [-0.2, -0.15) is 4.98 Å². The van der Waals surface area contributed by atoms with E-state index in [4.69, 9.17) is 18.7 Å². The summed E-state index contributed by atoms with van der Waals surface area (Å²) in [7, 11) is 4.78. The van der Waals surface area contributed by atoms with Crippen molar-refractivity contribution in [3.8, 4) is 28.6 Å². The maximum atomic E-state index is 13.2. The molecule has 10 heteroatoms. The number of fused-ring (bicyclic) bond motifs is 1. The predicted molar refractivity (Wildman–Crippen MR) is 122 cm³/mol. The Labute approximate surface area is 196 Å². The Kier molecular flexibility index (Phi) is 5.81. The Bertz CT molecular complexity index is 1210. The monoisotopic (exact) mass is 463 g/mol. The van der Waals surface area contributed by atoms with Crippen LogP contribution in [0.1, 0.15) is 23.9 Å². The highest BCUT2D eigenvalue weighted by Gasteiger charge is 2.40.